The first-order chi connectivity index (χ1) is 7.77. The number of hydrogen-bond donors (Lipinski definition) is 1. The van der Waals surface area contributed by atoms with E-state index in [9.17, 15) is 0 Å². The Kier molecular flexibility index (Phi) is 6.09. The molecule has 16 heavy (non-hydrogen) atoms. The molecular formula is C14H24N2. The third kappa shape index (κ3) is 4.31. The van der Waals surface area contributed by atoms with Gasteiger partial charge in [-0.25, -0.2) is 0 Å². The summed E-state index contributed by atoms with van der Waals surface area (Å²) in [6.07, 6.45) is 6.78. The van der Waals surface area contributed by atoms with Crippen LogP contribution in [-0.2, 0) is 0 Å². The zero-order chi connectivity index (χ0) is 11.8. The monoisotopic (exact) mass is 220 g/mol. The Bertz CT molecular complexity index is 289. The van der Waals surface area contributed by atoms with E-state index in [-0.39, 0.29) is 0 Å². The fraction of sp³-hybridized carbons (Fsp3) is 0.643. The van der Waals surface area contributed by atoms with E-state index in [0.717, 1.165) is 6.54 Å². The zero-order valence-electron chi connectivity index (χ0n) is 10.8. The lowest BCUT2D eigenvalue weighted by Gasteiger charge is -2.18. The minimum absolute atomic E-state index is 0.430. The van der Waals surface area contributed by atoms with Crippen LogP contribution in [0.2, 0.25) is 0 Å². The van der Waals surface area contributed by atoms with Crippen molar-refractivity contribution in [2.75, 3.05) is 6.54 Å². The van der Waals surface area contributed by atoms with E-state index in [1.807, 2.05) is 6.20 Å². The van der Waals surface area contributed by atoms with Gasteiger partial charge in [0.05, 0.1) is 5.69 Å². The molecule has 1 heterocycles. The molecule has 1 unspecified atom stereocenters. The molecule has 0 bridgehead atoms. The molecule has 0 radical (unpaired) electrons. The number of unbranched alkanes of at least 4 members (excludes halogenated alkanes) is 1. The van der Waals surface area contributed by atoms with E-state index >= 15 is 0 Å². The second-order valence-corrected chi connectivity index (χ2v) is 4.41. The Morgan fingerprint density at radius 2 is 2.12 bits per heavy atom. The van der Waals surface area contributed by atoms with E-state index in [1.165, 1.54) is 36.9 Å². The fourth-order valence-electron chi connectivity index (χ4n) is 1.83. The maximum absolute atomic E-state index is 4.48. The van der Waals surface area contributed by atoms with Gasteiger partial charge in [0, 0.05) is 12.2 Å². The topological polar surface area (TPSA) is 24.9 Å². The molecule has 1 aromatic rings. The predicted octanol–water partition coefficient (Wildman–Crippen LogP) is 3.62. The lowest BCUT2D eigenvalue weighted by atomic mass is 10.0. The van der Waals surface area contributed by atoms with Crippen molar-refractivity contribution in [1.82, 2.24) is 10.3 Å². The number of aromatic nitrogens is 1. The molecular weight excluding hydrogens is 196 g/mol. The van der Waals surface area contributed by atoms with Crippen LogP contribution in [0.4, 0.5) is 0 Å². The second kappa shape index (κ2) is 7.39. The molecule has 90 valence electrons. The van der Waals surface area contributed by atoms with Crippen molar-refractivity contribution in [3.8, 4) is 0 Å². The summed E-state index contributed by atoms with van der Waals surface area (Å²) in [5.41, 5.74) is 2.49. The molecule has 0 saturated carbocycles. The molecule has 0 aliphatic heterocycles. The van der Waals surface area contributed by atoms with Gasteiger partial charge in [-0.1, -0.05) is 26.7 Å². The van der Waals surface area contributed by atoms with Crippen molar-refractivity contribution in [2.24, 2.45) is 0 Å². The number of hydrogen-bond acceptors (Lipinski definition) is 2. The predicted molar refractivity (Wildman–Crippen MR) is 69.5 cm³/mol. The van der Waals surface area contributed by atoms with Crippen molar-refractivity contribution in [3.63, 3.8) is 0 Å². The van der Waals surface area contributed by atoms with Crippen molar-refractivity contribution < 1.29 is 0 Å². The fourth-order valence-corrected chi connectivity index (χ4v) is 1.83. The van der Waals surface area contributed by atoms with Gasteiger partial charge in [-0.2, -0.15) is 0 Å². The molecule has 2 nitrogen and oxygen atoms in total. The van der Waals surface area contributed by atoms with E-state index in [1.54, 1.807) is 0 Å². The summed E-state index contributed by atoms with van der Waals surface area (Å²) in [7, 11) is 0. The molecule has 1 N–H and O–H groups in total. The van der Waals surface area contributed by atoms with Gasteiger partial charge in [0.25, 0.3) is 0 Å². The van der Waals surface area contributed by atoms with E-state index in [0.29, 0.717) is 6.04 Å². The van der Waals surface area contributed by atoms with Crippen LogP contribution >= 0.6 is 0 Å². The van der Waals surface area contributed by atoms with Gasteiger partial charge in [-0.3, -0.25) is 4.98 Å². The van der Waals surface area contributed by atoms with Gasteiger partial charge >= 0.3 is 0 Å². The maximum atomic E-state index is 4.48. The summed E-state index contributed by atoms with van der Waals surface area (Å²) in [6, 6.07) is 4.68. The van der Waals surface area contributed by atoms with Crippen LogP contribution in [0.1, 0.15) is 56.8 Å². The van der Waals surface area contributed by atoms with Crippen LogP contribution < -0.4 is 5.32 Å². The third-order valence-corrected chi connectivity index (χ3v) is 2.78. The van der Waals surface area contributed by atoms with Gasteiger partial charge < -0.3 is 5.32 Å². The molecule has 0 fully saturated rings. The molecule has 0 aliphatic carbocycles. The SMILES string of the molecule is CCCCC(NCCC)c1cc(C)ccn1. The summed E-state index contributed by atoms with van der Waals surface area (Å²) in [5, 5.41) is 3.59. The number of rotatable bonds is 7. The highest BCUT2D eigenvalue weighted by molar-refractivity contribution is 5.17. The standard InChI is InChI=1S/C14H24N2/c1-4-6-7-13(15-9-5-2)14-11-12(3)8-10-16-14/h8,10-11,13,15H,4-7,9H2,1-3H3. The van der Waals surface area contributed by atoms with Crippen LogP contribution in [0.25, 0.3) is 0 Å². The van der Waals surface area contributed by atoms with Gasteiger partial charge in [0.2, 0.25) is 0 Å². The highest BCUT2D eigenvalue weighted by Gasteiger charge is 2.11. The molecule has 0 saturated heterocycles. The Balaban J connectivity index is 2.66. The van der Waals surface area contributed by atoms with E-state index < -0.39 is 0 Å². The van der Waals surface area contributed by atoms with Crippen LogP contribution in [0.3, 0.4) is 0 Å². The number of pyridine rings is 1. The van der Waals surface area contributed by atoms with E-state index in [4.69, 9.17) is 0 Å². The number of nitrogens with one attached hydrogen (secondary N) is 1. The molecule has 0 aromatic carbocycles. The minimum Gasteiger partial charge on any atom is -0.309 e. The normalized spacial score (nSPS) is 12.7. The molecule has 0 amide bonds. The van der Waals surface area contributed by atoms with Crippen molar-refractivity contribution in [3.05, 3.63) is 29.6 Å². The van der Waals surface area contributed by atoms with E-state index in [2.05, 4.69) is 43.2 Å². The largest absolute Gasteiger partial charge is 0.309 e. The molecule has 1 aromatic heterocycles. The quantitative estimate of drug-likeness (QED) is 0.759. The Labute approximate surface area is 99.5 Å². The molecule has 1 atom stereocenters. The van der Waals surface area contributed by atoms with Crippen molar-refractivity contribution >= 4 is 0 Å². The Morgan fingerprint density at radius 1 is 1.31 bits per heavy atom. The smallest absolute Gasteiger partial charge is 0.0575 e. The Hall–Kier alpha value is -0.890. The lowest BCUT2D eigenvalue weighted by Crippen LogP contribution is -2.23. The van der Waals surface area contributed by atoms with Crippen LogP contribution in [0.15, 0.2) is 18.3 Å². The Morgan fingerprint density at radius 3 is 2.75 bits per heavy atom. The minimum atomic E-state index is 0.430. The van der Waals surface area contributed by atoms with Gasteiger partial charge in [0.15, 0.2) is 0 Å². The van der Waals surface area contributed by atoms with Crippen LogP contribution in [-0.4, -0.2) is 11.5 Å². The molecule has 0 aliphatic rings. The van der Waals surface area contributed by atoms with Gasteiger partial charge in [-0.05, 0) is 44.0 Å². The van der Waals surface area contributed by atoms with Crippen LogP contribution in [0, 0.1) is 6.92 Å². The average Bonchev–Trinajstić information content (AvgIpc) is 2.29. The zero-order valence-corrected chi connectivity index (χ0v) is 10.8. The highest BCUT2D eigenvalue weighted by atomic mass is 14.9. The summed E-state index contributed by atoms with van der Waals surface area (Å²) in [4.78, 5) is 4.48. The van der Waals surface area contributed by atoms with Gasteiger partial charge in [-0.15, -0.1) is 0 Å². The summed E-state index contributed by atoms with van der Waals surface area (Å²) in [6.45, 7) is 7.64. The number of aryl methyl sites for hydroxylation is 1. The summed E-state index contributed by atoms with van der Waals surface area (Å²) >= 11 is 0. The maximum Gasteiger partial charge on any atom is 0.0575 e. The molecule has 0 spiro atoms. The first-order valence-electron chi connectivity index (χ1n) is 6.43. The summed E-state index contributed by atoms with van der Waals surface area (Å²) in [5.74, 6) is 0. The molecule has 2 heteroatoms. The van der Waals surface area contributed by atoms with Crippen molar-refractivity contribution in [1.29, 1.82) is 0 Å². The van der Waals surface area contributed by atoms with Gasteiger partial charge in [0.1, 0.15) is 0 Å². The average molecular weight is 220 g/mol. The highest BCUT2D eigenvalue weighted by Crippen LogP contribution is 2.18. The molecule has 1 rings (SSSR count). The first kappa shape index (κ1) is 13.2. The number of nitrogens with zero attached hydrogens (tertiary/aromatic N) is 1. The lowest BCUT2D eigenvalue weighted by molar-refractivity contribution is 0.472. The first-order valence-corrected chi connectivity index (χ1v) is 6.43. The third-order valence-electron chi connectivity index (χ3n) is 2.78. The van der Waals surface area contributed by atoms with Crippen LogP contribution in [0.5, 0.6) is 0 Å². The summed E-state index contributed by atoms with van der Waals surface area (Å²) < 4.78 is 0. The van der Waals surface area contributed by atoms with Crippen molar-refractivity contribution in [2.45, 2.75) is 52.5 Å². The second-order valence-electron chi connectivity index (χ2n) is 4.41.